The first-order valence-corrected chi connectivity index (χ1v) is 9.38. The van der Waals surface area contributed by atoms with Crippen molar-refractivity contribution in [1.82, 2.24) is 4.90 Å². The molecule has 0 radical (unpaired) electrons. The van der Waals surface area contributed by atoms with Gasteiger partial charge in [0, 0.05) is 34.8 Å². The molecule has 2 nitrogen and oxygen atoms in total. The largest absolute Gasteiger partial charge is 0.331 e. The van der Waals surface area contributed by atoms with Crippen molar-refractivity contribution in [3.05, 3.63) is 112 Å². The summed E-state index contributed by atoms with van der Waals surface area (Å²) in [6, 6.07) is 25.2. The molecule has 0 bridgehead atoms. The first-order valence-electron chi connectivity index (χ1n) is 8.62. The molecule has 0 saturated heterocycles. The summed E-state index contributed by atoms with van der Waals surface area (Å²) in [5.74, 6) is -0.0984. The van der Waals surface area contributed by atoms with Gasteiger partial charge in [-0.2, -0.15) is 0 Å². The monoisotopic (exact) mass is 395 g/mol. The molecule has 0 N–H and O–H groups in total. The van der Waals surface area contributed by atoms with Crippen molar-refractivity contribution in [2.75, 3.05) is 0 Å². The molecule has 3 rings (SSSR count). The summed E-state index contributed by atoms with van der Waals surface area (Å²) in [6.07, 6.45) is 3.20. The fourth-order valence-corrected chi connectivity index (χ4v) is 3.27. The number of halogens is 2. The molecule has 0 aromatic heterocycles. The summed E-state index contributed by atoms with van der Waals surface area (Å²) < 4.78 is 0. The summed E-state index contributed by atoms with van der Waals surface area (Å²) >= 11 is 12.4. The van der Waals surface area contributed by atoms with E-state index in [1.807, 2.05) is 60.7 Å². The van der Waals surface area contributed by atoms with Crippen LogP contribution in [0.15, 0.2) is 84.9 Å². The smallest absolute Gasteiger partial charge is 0.247 e. The average Bonchev–Trinajstić information content (AvgIpc) is 2.68. The van der Waals surface area contributed by atoms with E-state index in [9.17, 15) is 4.79 Å². The van der Waals surface area contributed by atoms with Crippen LogP contribution in [0.5, 0.6) is 0 Å². The first kappa shape index (κ1) is 19.2. The minimum atomic E-state index is -0.0984. The minimum Gasteiger partial charge on any atom is -0.331 e. The third-order valence-corrected chi connectivity index (χ3v) is 4.80. The molecule has 0 aliphatic rings. The maximum atomic E-state index is 12.9. The van der Waals surface area contributed by atoms with Gasteiger partial charge in [0.15, 0.2) is 0 Å². The maximum absolute atomic E-state index is 12.9. The fraction of sp³-hybridized carbons (Fsp3) is 0.0870. The van der Waals surface area contributed by atoms with E-state index in [0.29, 0.717) is 28.7 Å². The van der Waals surface area contributed by atoms with Gasteiger partial charge < -0.3 is 4.90 Å². The average molecular weight is 396 g/mol. The van der Waals surface area contributed by atoms with E-state index in [0.717, 1.165) is 11.1 Å². The van der Waals surface area contributed by atoms with Gasteiger partial charge in [0.2, 0.25) is 5.91 Å². The number of amides is 1. The molecule has 27 heavy (non-hydrogen) atoms. The van der Waals surface area contributed by atoms with Gasteiger partial charge >= 0.3 is 0 Å². The molecular formula is C23H19Cl2NO. The Labute approximate surface area is 169 Å². The predicted molar refractivity (Wildman–Crippen MR) is 113 cm³/mol. The van der Waals surface area contributed by atoms with Gasteiger partial charge in [-0.3, -0.25) is 4.79 Å². The standard InChI is InChI=1S/C23H19Cl2NO/c24-21-12-7-13-22(25)20(21)14-15-23(27)26(16-18-8-3-1-4-9-18)17-19-10-5-2-6-11-19/h1-15H,16-17H2/b15-14+. The van der Waals surface area contributed by atoms with Crippen LogP contribution in [-0.2, 0) is 17.9 Å². The zero-order valence-electron chi connectivity index (χ0n) is 14.7. The lowest BCUT2D eigenvalue weighted by atomic mass is 10.1. The van der Waals surface area contributed by atoms with Crippen molar-refractivity contribution < 1.29 is 4.79 Å². The highest BCUT2D eigenvalue weighted by Gasteiger charge is 2.13. The molecule has 0 saturated carbocycles. The van der Waals surface area contributed by atoms with Gasteiger partial charge in [-0.25, -0.2) is 0 Å². The second-order valence-corrected chi connectivity index (χ2v) is 6.95. The first-order chi connectivity index (χ1) is 13.1. The van der Waals surface area contributed by atoms with Gasteiger partial charge in [-0.15, -0.1) is 0 Å². The van der Waals surface area contributed by atoms with E-state index >= 15 is 0 Å². The number of hydrogen-bond donors (Lipinski definition) is 0. The third-order valence-electron chi connectivity index (χ3n) is 4.14. The van der Waals surface area contributed by atoms with Crippen molar-refractivity contribution in [3.8, 4) is 0 Å². The molecule has 0 heterocycles. The van der Waals surface area contributed by atoms with E-state index in [1.165, 1.54) is 6.08 Å². The van der Waals surface area contributed by atoms with Gasteiger partial charge in [-0.05, 0) is 29.3 Å². The second-order valence-electron chi connectivity index (χ2n) is 6.13. The normalized spacial score (nSPS) is 10.9. The van der Waals surface area contributed by atoms with Crippen molar-refractivity contribution in [2.45, 2.75) is 13.1 Å². The van der Waals surface area contributed by atoms with E-state index in [2.05, 4.69) is 0 Å². The van der Waals surface area contributed by atoms with Gasteiger partial charge in [-0.1, -0.05) is 89.9 Å². The van der Waals surface area contributed by atoms with E-state index < -0.39 is 0 Å². The summed E-state index contributed by atoms with van der Waals surface area (Å²) in [7, 11) is 0. The summed E-state index contributed by atoms with van der Waals surface area (Å²) in [4.78, 5) is 14.7. The van der Waals surface area contributed by atoms with Crippen LogP contribution in [0.4, 0.5) is 0 Å². The molecule has 0 unspecified atom stereocenters. The fourth-order valence-electron chi connectivity index (χ4n) is 2.75. The van der Waals surface area contributed by atoms with Crippen LogP contribution in [0.2, 0.25) is 10.0 Å². The summed E-state index contributed by atoms with van der Waals surface area (Å²) in [5, 5.41) is 1.04. The Morgan fingerprint density at radius 3 is 1.70 bits per heavy atom. The molecule has 1 amide bonds. The topological polar surface area (TPSA) is 20.3 Å². The Morgan fingerprint density at radius 2 is 1.22 bits per heavy atom. The molecule has 3 aromatic rings. The SMILES string of the molecule is O=C(/C=C/c1c(Cl)cccc1Cl)N(Cc1ccccc1)Cc1ccccc1. The lowest BCUT2D eigenvalue weighted by molar-refractivity contribution is -0.127. The predicted octanol–water partition coefficient (Wildman–Crippen LogP) is 6.24. The lowest BCUT2D eigenvalue weighted by Crippen LogP contribution is -2.28. The molecule has 0 aliphatic carbocycles. The van der Waals surface area contributed by atoms with Crippen LogP contribution < -0.4 is 0 Å². The second kappa shape index (κ2) is 9.40. The van der Waals surface area contributed by atoms with E-state index in [-0.39, 0.29) is 5.91 Å². The van der Waals surface area contributed by atoms with E-state index in [4.69, 9.17) is 23.2 Å². The van der Waals surface area contributed by atoms with Gasteiger partial charge in [0.25, 0.3) is 0 Å². The maximum Gasteiger partial charge on any atom is 0.247 e. The highest BCUT2D eigenvalue weighted by Crippen LogP contribution is 2.25. The molecule has 0 aliphatic heterocycles. The van der Waals surface area contributed by atoms with Crippen LogP contribution in [0.1, 0.15) is 16.7 Å². The Hall–Kier alpha value is -2.55. The van der Waals surface area contributed by atoms with Crippen molar-refractivity contribution >= 4 is 35.2 Å². The van der Waals surface area contributed by atoms with Crippen LogP contribution in [-0.4, -0.2) is 10.8 Å². The minimum absolute atomic E-state index is 0.0984. The highest BCUT2D eigenvalue weighted by atomic mass is 35.5. The van der Waals surface area contributed by atoms with Gasteiger partial charge in [0.05, 0.1) is 0 Å². The van der Waals surface area contributed by atoms with E-state index in [1.54, 1.807) is 29.2 Å². The Kier molecular flexibility index (Phi) is 6.69. The molecular weight excluding hydrogens is 377 g/mol. The Bertz CT molecular complexity index is 862. The quantitative estimate of drug-likeness (QED) is 0.452. The summed E-state index contributed by atoms with van der Waals surface area (Å²) in [6.45, 7) is 1.05. The van der Waals surface area contributed by atoms with Crippen molar-refractivity contribution in [1.29, 1.82) is 0 Å². The molecule has 0 atom stereocenters. The van der Waals surface area contributed by atoms with Crippen LogP contribution in [0, 0.1) is 0 Å². The van der Waals surface area contributed by atoms with Crippen LogP contribution >= 0.6 is 23.2 Å². The zero-order valence-corrected chi connectivity index (χ0v) is 16.2. The highest BCUT2D eigenvalue weighted by molar-refractivity contribution is 6.37. The molecule has 4 heteroatoms. The number of carbonyl (C=O) groups is 1. The summed E-state index contributed by atoms with van der Waals surface area (Å²) in [5.41, 5.74) is 2.80. The van der Waals surface area contributed by atoms with Crippen molar-refractivity contribution in [3.63, 3.8) is 0 Å². The van der Waals surface area contributed by atoms with Crippen molar-refractivity contribution in [2.24, 2.45) is 0 Å². The van der Waals surface area contributed by atoms with Gasteiger partial charge in [0.1, 0.15) is 0 Å². The number of benzene rings is 3. The molecule has 3 aromatic carbocycles. The molecule has 136 valence electrons. The number of rotatable bonds is 6. The molecule has 0 spiro atoms. The lowest BCUT2D eigenvalue weighted by Gasteiger charge is -2.21. The van der Waals surface area contributed by atoms with Crippen LogP contribution in [0.3, 0.4) is 0 Å². The number of hydrogen-bond acceptors (Lipinski definition) is 1. The van der Waals surface area contributed by atoms with Crippen LogP contribution in [0.25, 0.3) is 6.08 Å². The zero-order chi connectivity index (χ0) is 19.1. The molecule has 0 fully saturated rings. The number of carbonyl (C=O) groups excluding carboxylic acids is 1. The Balaban J connectivity index is 1.82. The third kappa shape index (κ3) is 5.46. The Morgan fingerprint density at radius 1 is 0.741 bits per heavy atom. The number of nitrogens with zero attached hydrogens (tertiary/aromatic N) is 1.